The quantitative estimate of drug-likeness (QED) is 0.621. The zero-order valence-corrected chi connectivity index (χ0v) is 10.5. The van der Waals surface area contributed by atoms with Crippen LogP contribution in [-0.4, -0.2) is 38.6 Å². The van der Waals surface area contributed by atoms with E-state index in [1.165, 1.54) is 4.90 Å². The summed E-state index contributed by atoms with van der Waals surface area (Å²) in [5, 5.41) is 5.73. The average molecular weight is 256 g/mol. The molecule has 1 aliphatic heterocycles. The Morgan fingerprint density at radius 1 is 1.35 bits per heavy atom. The number of rotatable bonds is 3. The van der Waals surface area contributed by atoms with Crippen LogP contribution in [0.1, 0.15) is 0 Å². The van der Waals surface area contributed by atoms with Crippen LogP contribution in [0.4, 0.5) is 5.69 Å². The molecule has 1 saturated heterocycles. The number of anilines is 1. The minimum absolute atomic E-state index is 0.0370. The molecule has 1 aromatic rings. The second kappa shape index (κ2) is 6.00. The third-order valence-electron chi connectivity index (χ3n) is 2.96. The molecule has 0 saturated carbocycles. The standard InChI is InChI=1S/C12H16ClN3O/c13-10-3-1-2-4-11(10)15-12(17)9-16-7-5-14-6-8-16/h1-4,14H,5-9H2,(H,15,17)/p+2. The van der Waals surface area contributed by atoms with Crippen LogP contribution in [0.25, 0.3) is 0 Å². The Balaban J connectivity index is 1.86. The minimum atomic E-state index is 0.0370. The lowest BCUT2D eigenvalue weighted by molar-refractivity contribution is -0.940. The van der Waals surface area contributed by atoms with Gasteiger partial charge in [0.05, 0.1) is 10.7 Å². The van der Waals surface area contributed by atoms with Crippen molar-refractivity contribution in [3.63, 3.8) is 0 Å². The summed E-state index contributed by atoms with van der Waals surface area (Å²) in [6.07, 6.45) is 0. The van der Waals surface area contributed by atoms with E-state index in [0.717, 1.165) is 26.2 Å². The number of hydrogen-bond donors (Lipinski definition) is 3. The smallest absolute Gasteiger partial charge is 0.279 e. The van der Waals surface area contributed by atoms with E-state index in [-0.39, 0.29) is 5.91 Å². The Morgan fingerprint density at radius 3 is 2.76 bits per heavy atom. The van der Waals surface area contributed by atoms with E-state index >= 15 is 0 Å². The highest BCUT2D eigenvalue weighted by Gasteiger charge is 2.19. The largest absolute Gasteiger partial charge is 0.337 e. The summed E-state index contributed by atoms with van der Waals surface area (Å²) >= 11 is 5.98. The fraction of sp³-hybridized carbons (Fsp3) is 0.417. The summed E-state index contributed by atoms with van der Waals surface area (Å²) in [6.45, 7) is 4.84. The fourth-order valence-electron chi connectivity index (χ4n) is 2.04. The summed E-state index contributed by atoms with van der Waals surface area (Å²) in [5.74, 6) is 0.0370. The predicted molar refractivity (Wildman–Crippen MR) is 67.3 cm³/mol. The van der Waals surface area contributed by atoms with Crippen LogP contribution in [0, 0.1) is 0 Å². The third-order valence-corrected chi connectivity index (χ3v) is 3.29. The van der Waals surface area contributed by atoms with Gasteiger partial charge in [0, 0.05) is 0 Å². The molecule has 0 aromatic heterocycles. The van der Waals surface area contributed by atoms with Crippen LogP contribution in [0.5, 0.6) is 0 Å². The van der Waals surface area contributed by atoms with E-state index < -0.39 is 0 Å². The van der Waals surface area contributed by atoms with Crippen molar-refractivity contribution in [2.24, 2.45) is 0 Å². The third kappa shape index (κ3) is 3.70. The summed E-state index contributed by atoms with van der Waals surface area (Å²) in [4.78, 5) is 13.2. The second-order valence-electron chi connectivity index (χ2n) is 4.32. The number of para-hydroxylation sites is 1. The van der Waals surface area contributed by atoms with E-state index in [1.807, 2.05) is 18.2 Å². The molecule has 1 fully saturated rings. The molecule has 17 heavy (non-hydrogen) atoms. The van der Waals surface area contributed by atoms with E-state index in [1.54, 1.807) is 6.07 Å². The average Bonchev–Trinajstić information content (AvgIpc) is 2.33. The van der Waals surface area contributed by atoms with Gasteiger partial charge in [0.15, 0.2) is 6.54 Å². The summed E-state index contributed by atoms with van der Waals surface area (Å²) < 4.78 is 0. The Hall–Kier alpha value is -1.10. The van der Waals surface area contributed by atoms with Crippen molar-refractivity contribution in [2.45, 2.75) is 0 Å². The van der Waals surface area contributed by atoms with E-state index in [4.69, 9.17) is 11.6 Å². The van der Waals surface area contributed by atoms with Crippen molar-refractivity contribution >= 4 is 23.2 Å². The molecule has 0 unspecified atom stereocenters. The van der Waals surface area contributed by atoms with Gasteiger partial charge in [-0.1, -0.05) is 23.7 Å². The molecule has 4 nitrogen and oxygen atoms in total. The lowest BCUT2D eigenvalue weighted by atomic mass is 10.3. The molecule has 92 valence electrons. The first-order valence-electron chi connectivity index (χ1n) is 5.95. The minimum Gasteiger partial charge on any atom is -0.337 e. The maximum atomic E-state index is 11.8. The Kier molecular flexibility index (Phi) is 4.36. The van der Waals surface area contributed by atoms with E-state index in [2.05, 4.69) is 10.6 Å². The van der Waals surface area contributed by atoms with Gasteiger partial charge in [-0.3, -0.25) is 4.79 Å². The fourth-order valence-corrected chi connectivity index (χ4v) is 2.23. The first-order chi connectivity index (χ1) is 8.25. The molecule has 0 spiro atoms. The molecular weight excluding hydrogens is 238 g/mol. The van der Waals surface area contributed by atoms with Crippen molar-refractivity contribution in [3.8, 4) is 0 Å². The first-order valence-corrected chi connectivity index (χ1v) is 6.33. The molecule has 0 atom stereocenters. The zero-order chi connectivity index (χ0) is 12.1. The normalized spacial score (nSPS) is 16.8. The summed E-state index contributed by atoms with van der Waals surface area (Å²) in [6, 6.07) is 7.31. The van der Waals surface area contributed by atoms with Gasteiger partial charge in [0.2, 0.25) is 0 Å². The Morgan fingerprint density at radius 2 is 2.06 bits per heavy atom. The number of amides is 1. The van der Waals surface area contributed by atoms with Crippen molar-refractivity contribution in [1.82, 2.24) is 0 Å². The maximum Gasteiger partial charge on any atom is 0.279 e. The lowest BCUT2D eigenvalue weighted by Gasteiger charge is -2.21. The number of piperazine rings is 1. The van der Waals surface area contributed by atoms with Gasteiger partial charge in [-0.25, -0.2) is 0 Å². The number of nitrogens with one attached hydrogen (secondary N) is 2. The molecule has 4 N–H and O–H groups in total. The summed E-state index contributed by atoms with van der Waals surface area (Å²) in [7, 11) is 0. The number of halogens is 1. The zero-order valence-electron chi connectivity index (χ0n) is 9.71. The number of hydrogen-bond acceptors (Lipinski definition) is 1. The summed E-state index contributed by atoms with van der Waals surface area (Å²) in [5.41, 5.74) is 0.696. The highest BCUT2D eigenvalue weighted by Crippen LogP contribution is 2.19. The van der Waals surface area contributed by atoms with Gasteiger partial charge in [-0.15, -0.1) is 0 Å². The molecule has 1 amide bonds. The van der Waals surface area contributed by atoms with Crippen LogP contribution in [0.15, 0.2) is 24.3 Å². The topological polar surface area (TPSA) is 50.2 Å². The molecule has 0 bridgehead atoms. The van der Waals surface area contributed by atoms with Crippen LogP contribution < -0.4 is 15.5 Å². The van der Waals surface area contributed by atoms with Crippen LogP contribution in [0.2, 0.25) is 5.02 Å². The van der Waals surface area contributed by atoms with Gasteiger partial charge in [0.25, 0.3) is 5.91 Å². The van der Waals surface area contributed by atoms with Crippen molar-refractivity contribution in [2.75, 3.05) is 38.0 Å². The molecule has 5 heteroatoms. The molecule has 1 aromatic carbocycles. The number of carbonyl (C=O) groups excluding carboxylic acids is 1. The van der Waals surface area contributed by atoms with Crippen molar-refractivity contribution < 1.29 is 15.0 Å². The number of benzene rings is 1. The van der Waals surface area contributed by atoms with Crippen LogP contribution >= 0.6 is 11.6 Å². The molecule has 2 rings (SSSR count). The van der Waals surface area contributed by atoms with E-state index in [0.29, 0.717) is 17.3 Å². The van der Waals surface area contributed by atoms with E-state index in [9.17, 15) is 4.79 Å². The molecule has 1 heterocycles. The van der Waals surface area contributed by atoms with Gasteiger partial charge >= 0.3 is 0 Å². The lowest BCUT2D eigenvalue weighted by Crippen LogP contribution is -3.21. The molecule has 1 aliphatic rings. The molecular formula is C12H18ClN3O+2. The first kappa shape index (κ1) is 12.4. The van der Waals surface area contributed by atoms with Crippen LogP contribution in [-0.2, 0) is 4.79 Å². The number of quaternary nitrogens is 2. The monoisotopic (exact) mass is 255 g/mol. The predicted octanol–water partition coefficient (Wildman–Crippen LogP) is -1.26. The molecule has 0 aliphatic carbocycles. The van der Waals surface area contributed by atoms with Crippen LogP contribution in [0.3, 0.4) is 0 Å². The number of carbonyl (C=O) groups is 1. The highest BCUT2D eigenvalue weighted by molar-refractivity contribution is 6.33. The van der Waals surface area contributed by atoms with Gasteiger partial charge < -0.3 is 15.5 Å². The maximum absolute atomic E-state index is 11.8. The molecule has 0 radical (unpaired) electrons. The Labute approximate surface area is 106 Å². The van der Waals surface area contributed by atoms with Gasteiger partial charge in [-0.05, 0) is 12.1 Å². The van der Waals surface area contributed by atoms with Crippen molar-refractivity contribution in [1.29, 1.82) is 0 Å². The Bertz CT molecular complexity index is 391. The van der Waals surface area contributed by atoms with Gasteiger partial charge in [0.1, 0.15) is 26.2 Å². The SMILES string of the molecule is O=C(C[NH+]1CC[NH2+]CC1)Nc1ccccc1Cl. The van der Waals surface area contributed by atoms with Gasteiger partial charge in [-0.2, -0.15) is 0 Å². The van der Waals surface area contributed by atoms with Crippen molar-refractivity contribution in [3.05, 3.63) is 29.3 Å². The highest BCUT2D eigenvalue weighted by atomic mass is 35.5. The second-order valence-corrected chi connectivity index (χ2v) is 4.73. The number of nitrogens with two attached hydrogens (primary N) is 1.